The van der Waals surface area contributed by atoms with E-state index < -0.39 is 0 Å². The molecule has 130 valence electrons. The maximum absolute atomic E-state index is 12.5. The van der Waals surface area contributed by atoms with Crippen LogP contribution in [0.15, 0.2) is 27.6 Å². The molecule has 2 N–H and O–H groups in total. The lowest BCUT2D eigenvalue weighted by Crippen LogP contribution is -2.14. The van der Waals surface area contributed by atoms with Gasteiger partial charge in [-0.25, -0.2) is 0 Å². The first-order valence-electron chi connectivity index (χ1n) is 8.15. The van der Waals surface area contributed by atoms with Gasteiger partial charge in [-0.15, -0.1) is 11.8 Å². The molecule has 0 bridgehead atoms. The van der Waals surface area contributed by atoms with Gasteiger partial charge in [-0.3, -0.25) is 9.89 Å². The smallest absolute Gasteiger partial charge is 0.277 e. The Morgan fingerprint density at radius 1 is 1.38 bits per heavy atom. The molecule has 1 aromatic heterocycles. The molecule has 0 saturated heterocycles. The number of carbonyl (C=O) groups excluding carboxylic acids is 1. The largest absolute Gasteiger partial charge is 0.320 e. The van der Waals surface area contributed by atoms with Gasteiger partial charge in [-0.2, -0.15) is 5.10 Å². The molecule has 0 saturated carbocycles. The van der Waals surface area contributed by atoms with Gasteiger partial charge in [-0.1, -0.05) is 27.7 Å². The van der Waals surface area contributed by atoms with Crippen LogP contribution in [0, 0.1) is 6.92 Å². The highest BCUT2D eigenvalue weighted by molar-refractivity contribution is 9.10. The second-order valence-corrected chi connectivity index (χ2v) is 8.53. The summed E-state index contributed by atoms with van der Waals surface area (Å²) >= 11 is 5.33. The number of halogens is 1. The summed E-state index contributed by atoms with van der Waals surface area (Å²) in [5.74, 6) is 0.0579. The van der Waals surface area contributed by atoms with Crippen molar-refractivity contribution in [3.05, 3.63) is 39.6 Å². The first kappa shape index (κ1) is 19.1. The van der Waals surface area contributed by atoms with E-state index >= 15 is 0 Å². The fourth-order valence-electron chi connectivity index (χ4n) is 2.22. The molecule has 2 rings (SSSR count). The zero-order chi connectivity index (χ0) is 17.9. The van der Waals surface area contributed by atoms with Gasteiger partial charge < -0.3 is 5.32 Å². The third-order valence-electron chi connectivity index (χ3n) is 3.88. The summed E-state index contributed by atoms with van der Waals surface area (Å²) in [6.45, 7) is 10.5. The number of benzene rings is 1. The lowest BCUT2D eigenvalue weighted by atomic mass is 10.1. The maximum atomic E-state index is 12.5. The summed E-state index contributed by atoms with van der Waals surface area (Å²) in [4.78, 5) is 13.7. The number of hydrogen-bond donors (Lipinski definition) is 2. The van der Waals surface area contributed by atoms with E-state index in [4.69, 9.17) is 0 Å². The number of anilines is 1. The Kier molecular flexibility index (Phi) is 6.52. The normalized spacial score (nSPS) is 12.5. The van der Waals surface area contributed by atoms with Gasteiger partial charge >= 0.3 is 0 Å². The minimum atomic E-state index is -0.213. The average Bonchev–Trinajstić information content (AvgIpc) is 2.91. The van der Waals surface area contributed by atoms with Crippen LogP contribution < -0.4 is 5.32 Å². The fraction of sp³-hybridized carbons (Fsp3) is 0.444. The monoisotopic (exact) mass is 409 g/mol. The number of thioether (sulfide) groups is 1. The predicted octanol–water partition coefficient (Wildman–Crippen LogP) is 5.75. The zero-order valence-corrected chi connectivity index (χ0v) is 17.1. The quantitative estimate of drug-likeness (QED) is 0.597. The number of nitrogens with one attached hydrogen (secondary N) is 2. The fourth-order valence-corrected chi connectivity index (χ4v) is 4.06. The molecule has 1 amide bonds. The Morgan fingerprint density at radius 2 is 2.08 bits per heavy atom. The highest BCUT2D eigenvalue weighted by atomic mass is 79.9. The minimum absolute atomic E-state index is 0.213. The zero-order valence-electron chi connectivity index (χ0n) is 14.7. The molecule has 4 nitrogen and oxygen atoms in total. The third kappa shape index (κ3) is 4.42. The van der Waals surface area contributed by atoms with Crippen LogP contribution in [0.25, 0.3) is 0 Å². The van der Waals surface area contributed by atoms with Crippen LogP contribution in [0.3, 0.4) is 0 Å². The van der Waals surface area contributed by atoms with Crippen molar-refractivity contribution in [2.24, 2.45) is 0 Å². The van der Waals surface area contributed by atoms with Crippen molar-refractivity contribution >= 4 is 39.3 Å². The Labute approximate surface area is 156 Å². The number of hydrogen-bond acceptors (Lipinski definition) is 3. The highest BCUT2D eigenvalue weighted by Gasteiger charge is 2.19. The number of aryl methyl sites for hydroxylation is 1. The van der Waals surface area contributed by atoms with Crippen LogP contribution in [-0.2, 0) is 0 Å². The minimum Gasteiger partial charge on any atom is -0.320 e. The van der Waals surface area contributed by atoms with Crippen molar-refractivity contribution in [2.75, 3.05) is 5.32 Å². The van der Waals surface area contributed by atoms with E-state index in [1.165, 1.54) is 4.90 Å². The van der Waals surface area contributed by atoms with E-state index in [1.807, 2.05) is 24.8 Å². The van der Waals surface area contributed by atoms with E-state index in [1.54, 1.807) is 0 Å². The van der Waals surface area contributed by atoms with Gasteiger partial charge in [0.25, 0.3) is 5.91 Å². The number of rotatable bonds is 6. The molecule has 1 aromatic carbocycles. The first-order chi connectivity index (χ1) is 11.3. The second kappa shape index (κ2) is 8.21. The van der Waals surface area contributed by atoms with Crippen molar-refractivity contribution in [3.63, 3.8) is 0 Å². The number of amides is 1. The van der Waals surface area contributed by atoms with E-state index in [-0.39, 0.29) is 11.8 Å². The van der Waals surface area contributed by atoms with Gasteiger partial charge in [0.1, 0.15) is 0 Å². The molecule has 0 spiro atoms. The van der Waals surface area contributed by atoms with Crippen LogP contribution in [0.5, 0.6) is 0 Å². The molecule has 0 aliphatic rings. The van der Waals surface area contributed by atoms with Gasteiger partial charge in [0.2, 0.25) is 0 Å². The Bertz CT molecular complexity index is 727. The summed E-state index contributed by atoms with van der Waals surface area (Å²) in [6.07, 6.45) is 1.13. The first-order valence-corrected chi connectivity index (χ1v) is 9.83. The van der Waals surface area contributed by atoms with E-state index in [0.29, 0.717) is 10.9 Å². The average molecular weight is 410 g/mol. The van der Waals surface area contributed by atoms with Crippen molar-refractivity contribution in [1.29, 1.82) is 0 Å². The van der Waals surface area contributed by atoms with Crippen LogP contribution in [0.2, 0.25) is 0 Å². The topological polar surface area (TPSA) is 57.8 Å². The molecular weight excluding hydrogens is 386 g/mol. The van der Waals surface area contributed by atoms with Crippen molar-refractivity contribution in [1.82, 2.24) is 10.2 Å². The molecule has 0 aliphatic carbocycles. The van der Waals surface area contributed by atoms with Crippen LogP contribution in [-0.4, -0.2) is 21.4 Å². The number of nitrogens with zero attached hydrogens (tertiary/aromatic N) is 1. The molecule has 2 aromatic rings. The summed E-state index contributed by atoms with van der Waals surface area (Å²) < 4.78 is 0.733. The molecule has 0 aliphatic heterocycles. The van der Waals surface area contributed by atoms with Gasteiger partial charge in [0, 0.05) is 15.8 Å². The molecule has 1 unspecified atom stereocenters. The standard InChI is InChI=1S/C18H24BrN3OS/c1-6-12(5)24-13-7-8-14(11(4)9-13)20-18(23)17-15(19)16(10(2)3)21-22-17/h7-10,12H,6H2,1-5H3,(H,20,23)(H,21,22). The Hall–Kier alpha value is -1.27. The van der Waals surface area contributed by atoms with Crippen molar-refractivity contribution < 1.29 is 4.79 Å². The van der Waals surface area contributed by atoms with Gasteiger partial charge in [0.15, 0.2) is 5.69 Å². The lowest BCUT2D eigenvalue weighted by Gasteiger charge is -2.12. The number of carbonyl (C=O) groups is 1. The number of H-pyrrole nitrogens is 1. The molecule has 6 heteroatoms. The molecule has 1 atom stereocenters. The van der Waals surface area contributed by atoms with Gasteiger partial charge in [0.05, 0.1) is 10.2 Å². The highest BCUT2D eigenvalue weighted by Crippen LogP contribution is 2.30. The summed E-state index contributed by atoms with van der Waals surface area (Å²) in [5, 5.41) is 10.6. The van der Waals surface area contributed by atoms with Gasteiger partial charge in [-0.05, 0) is 59.0 Å². The predicted molar refractivity (Wildman–Crippen MR) is 105 cm³/mol. The van der Waals surface area contributed by atoms with E-state index in [2.05, 4.69) is 71.3 Å². The Balaban J connectivity index is 2.15. The summed E-state index contributed by atoms with van der Waals surface area (Å²) in [6, 6.07) is 6.13. The van der Waals surface area contributed by atoms with Crippen LogP contribution in [0.4, 0.5) is 5.69 Å². The lowest BCUT2D eigenvalue weighted by molar-refractivity contribution is 0.102. The Morgan fingerprint density at radius 3 is 2.62 bits per heavy atom. The summed E-state index contributed by atoms with van der Waals surface area (Å²) in [5.41, 5.74) is 3.18. The number of aromatic amines is 1. The molecular formula is C18H24BrN3OS. The van der Waals surface area contributed by atoms with E-state index in [0.717, 1.165) is 27.8 Å². The van der Waals surface area contributed by atoms with E-state index in [9.17, 15) is 4.79 Å². The van der Waals surface area contributed by atoms with Crippen molar-refractivity contribution in [3.8, 4) is 0 Å². The number of aromatic nitrogens is 2. The van der Waals surface area contributed by atoms with Crippen LogP contribution >= 0.6 is 27.7 Å². The molecule has 1 heterocycles. The molecule has 24 heavy (non-hydrogen) atoms. The van der Waals surface area contributed by atoms with Crippen molar-refractivity contribution in [2.45, 2.75) is 57.1 Å². The third-order valence-corrected chi connectivity index (χ3v) is 5.95. The molecule has 0 radical (unpaired) electrons. The maximum Gasteiger partial charge on any atom is 0.277 e. The van der Waals surface area contributed by atoms with Crippen LogP contribution in [0.1, 0.15) is 61.8 Å². The summed E-state index contributed by atoms with van der Waals surface area (Å²) in [7, 11) is 0. The second-order valence-electron chi connectivity index (χ2n) is 6.22. The molecule has 0 fully saturated rings. The SMILES string of the molecule is CCC(C)Sc1ccc(NC(=O)c2n[nH]c(C(C)C)c2Br)c(C)c1.